The Bertz CT molecular complexity index is 685. The smallest absolute Gasteiger partial charge is 0.0474 e. The molecule has 3 rings (SSSR count). The first kappa shape index (κ1) is 16.5. The minimum absolute atomic E-state index is 0.797. The molecule has 0 saturated carbocycles. The van der Waals surface area contributed by atoms with Crippen molar-refractivity contribution in [3.63, 3.8) is 0 Å². The van der Waals surface area contributed by atoms with Crippen LogP contribution in [0.15, 0.2) is 36.4 Å². The lowest BCUT2D eigenvalue weighted by Gasteiger charge is -2.33. The molecule has 2 aromatic carbocycles. The minimum Gasteiger partial charge on any atom is -0.0693 e. The first-order valence-electron chi connectivity index (χ1n) is 9.04. The van der Waals surface area contributed by atoms with Crippen LogP contribution in [0.4, 0.5) is 0 Å². The van der Waals surface area contributed by atoms with Gasteiger partial charge in [-0.25, -0.2) is 0 Å². The summed E-state index contributed by atoms with van der Waals surface area (Å²) in [6.45, 7) is 11.8. The summed E-state index contributed by atoms with van der Waals surface area (Å²) in [5.41, 5.74) is 8.53. The molecule has 0 unspecified atom stereocenters. The van der Waals surface area contributed by atoms with E-state index >= 15 is 0 Å². The molecule has 0 radical (unpaired) electrons. The Morgan fingerprint density at radius 2 is 1.39 bits per heavy atom. The molecule has 0 aliphatic carbocycles. The van der Waals surface area contributed by atoms with Crippen LogP contribution in [0, 0.1) is 20.8 Å². The lowest BCUT2D eigenvalue weighted by atomic mass is 9.90. The van der Waals surface area contributed by atoms with Gasteiger partial charge in [-0.05, 0) is 72.9 Å². The van der Waals surface area contributed by atoms with Crippen LogP contribution < -0.4 is 0 Å². The molecule has 0 spiro atoms. The van der Waals surface area contributed by atoms with Gasteiger partial charge in [-0.2, -0.15) is 0 Å². The van der Waals surface area contributed by atoms with Gasteiger partial charge in [0.05, 0.1) is 0 Å². The Morgan fingerprint density at radius 1 is 0.783 bits per heavy atom. The van der Waals surface area contributed by atoms with Gasteiger partial charge < -0.3 is 0 Å². The molecule has 0 N–H and O–H groups in total. The van der Waals surface area contributed by atoms with Crippen LogP contribution in [-0.4, -0.2) is 8.07 Å². The summed E-state index contributed by atoms with van der Waals surface area (Å²) in [6, 6.07) is 17.0. The fourth-order valence-electron chi connectivity index (χ4n) is 3.94. The third kappa shape index (κ3) is 3.45. The molecule has 0 bridgehead atoms. The standard InChI is InChI=1S/C22H30Si/c1-16-6-11-22(18(3)17(16)2)21-9-7-19(8-10-21)20-12-14-23(4,5)15-13-20/h6-11,20H,12-15H2,1-5H3. The second-order valence-electron chi connectivity index (χ2n) is 8.24. The highest BCUT2D eigenvalue weighted by molar-refractivity contribution is 6.77. The fourth-order valence-corrected chi connectivity index (χ4v) is 6.45. The lowest BCUT2D eigenvalue weighted by Crippen LogP contribution is -2.30. The summed E-state index contributed by atoms with van der Waals surface area (Å²) in [5, 5.41) is 0. The normalized spacial score (nSPS) is 18.1. The van der Waals surface area contributed by atoms with Gasteiger partial charge in [0.25, 0.3) is 0 Å². The largest absolute Gasteiger partial charge is 0.0693 e. The monoisotopic (exact) mass is 322 g/mol. The van der Waals surface area contributed by atoms with Crippen molar-refractivity contribution in [3.05, 3.63) is 58.7 Å². The molecule has 1 heteroatoms. The highest BCUT2D eigenvalue weighted by Crippen LogP contribution is 2.39. The van der Waals surface area contributed by atoms with E-state index < -0.39 is 8.07 Å². The Hall–Kier alpha value is -1.34. The van der Waals surface area contributed by atoms with E-state index in [1.165, 1.54) is 52.7 Å². The zero-order valence-electron chi connectivity index (χ0n) is 15.4. The zero-order valence-corrected chi connectivity index (χ0v) is 16.4. The maximum atomic E-state index is 2.55. The van der Waals surface area contributed by atoms with E-state index in [-0.39, 0.29) is 0 Å². The summed E-state index contributed by atoms with van der Waals surface area (Å²) in [4.78, 5) is 0. The second-order valence-corrected chi connectivity index (χ2v) is 13.6. The van der Waals surface area contributed by atoms with E-state index in [2.05, 4.69) is 70.3 Å². The molecular weight excluding hydrogens is 292 g/mol. The van der Waals surface area contributed by atoms with Crippen molar-refractivity contribution in [1.82, 2.24) is 0 Å². The van der Waals surface area contributed by atoms with Gasteiger partial charge in [0.2, 0.25) is 0 Å². The number of hydrogen-bond donors (Lipinski definition) is 0. The number of hydrogen-bond acceptors (Lipinski definition) is 0. The van der Waals surface area contributed by atoms with Crippen molar-refractivity contribution >= 4 is 8.07 Å². The quantitative estimate of drug-likeness (QED) is 0.529. The number of aryl methyl sites for hydroxylation is 1. The minimum atomic E-state index is -0.848. The van der Waals surface area contributed by atoms with Crippen LogP contribution in [-0.2, 0) is 0 Å². The van der Waals surface area contributed by atoms with Crippen molar-refractivity contribution in [3.8, 4) is 11.1 Å². The van der Waals surface area contributed by atoms with E-state index in [0.29, 0.717) is 0 Å². The summed E-state index contributed by atoms with van der Waals surface area (Å²) < 4.78 is 0. The molecule has 0 atom stereocenters. The Labute approximate surface area is 143 Å². The summed E-state index contributed by atoms with van der Waals surface area (Å²) in [7, 11) is -0.848. The number of rotatable bonds is 2. The topological polar surface area (TPSA) is 0 Å². The van der Waals surface area contributed by atoms with Crippen molar-refractivity contribution < 1.29 is 0 Å². The van der Waals surface area contributed by atoms with Crippen molar-refractivity contribution in [2.45, 2.75) is 64.7 Å². The average Bonchev–Trinajstić information content (AvgIpc) is 2.53. The molecule has 23 heavy (non-hydrogen) atoms. The maximum absolute atomic E-state index is 2.55. The van der Waals surface area contributed by atoms with Crippen molar-refractivity contribution in [2.24, 2.45) is 0 Å². The van der Waals surface area contributed by atoms with Crippen LogP contribution in [0.5, 0.6) is 0 Å². The molecule has 1 fully saturated rings. The fraction of sp³-hybridized carbons (Fsp3) is 0.455. The molecular formula is C22H30Si. The maximum Gasteiger partial charge on any atom is 0.0474 e. The molecule has 122 valence electrons. The Morgan fingerprint density at radius 3 is 2.00 bits per heavy atom. The zero-order chi connectivity index (χ0) is 16.6. The molecule has 1 saturated heterocycles. The van der Waals surface area contributed by atoms with Crippen molar-refractivity contribution in [1.29, 1.82) is 0 Å². The molecule has 0 nitrogen and oxygen atoms in total. The SMILES string of the molecule is Cc1ccc(-c2ccc(C3CC[Si](C)(C)CC3)cc2)c(C)c1C. The third-order valence-electron chi connectivity index (χ3n) is 6.09. The lowest BCUT2D eigenvalue weighted by molar-refractivity contribution is 0.602. The van der Waals surface area contributed by atoms with Gasteiger partial charge in [-0.1, -0.05) is 61.6 Å². The average molecular weight is 323 g/mol. The van der Waals surface area contributed by atoms with Crippen LogP contribution >= 0.6 is 0 Å². The molecule has 0 aromatic heterocycles. The van der Waals surface area contributed by atoms with Crippen molar-refractivity contribution in [2.75, 3.05) is 0 Å². The van der Waals surface area contributed by atoms with E-state index in [9.17, 15) is 0 Å². The highest BCUT2D eigenvalue weighted by atomic mass is 28.3. The van der Waals surface area contributed by atoms with Crippen LogP contribution in [0.25, 0.3) is 11.1 Å². The molecule has 0 amide bonds. The summed E-state index contributed by atoms with van der Waals surface area (Å²) >= 11 is 0. The predicted octanol–water partition coefficient (Wildman–Crippen LogP) is 6.86. The molecule has 2 aromatic rings. The van der Waals surface area contributed by atoms with Gasteiger partial charge in [0, 0.05) is 8.07 Å². The van der Waals surface area contributed by atoms with Crippen LogP contribution in [0.3, 0.4) is 0 Å². The molecule has 1 aliphatic heterocycles. The van der Waals surface area contributed by atoms with E-state index in [4.69, 9.17) is 0 Å². The van der Waals surface area contributed by atoms with Crippen LogP contribution in [0.1, 0.15) is 41.0 Å². The van der Waals surface area contributed by atoms with Gasteiger partial charge in [0.15, 0.2) is 0 Å². The Kier molecular flexibility index (Phi) is 4.51. The van der Waals surface area contributed by atoms with Gasteiger partial charge in [-0.15, -0.1) is 0 Å². The Balaban J connectivity index is 1.82. The highest BCUT2D eigenvalue weighted by Gasteiger charge is 2.29. The van der Waals surface area contributed by atoms with Gasteiger partial charge >= 0.3 is 0 Å². The predicted molar refractivity (Wildman–Crippen MR) is 105 cm³/mol. The molecule has 1 heterocycles. The number of benzene rings is 2. The first-order chi connectivity index (χ1) is 10.9. The van der Waals surface area contributed by atoms with E-state index in [1.807, 2.05) is 0 Å². The summed E-state index contributed by atoms with van der Waals surface area (Å²) in [6.07, 6.45) is 2.81. The van der Waals surface area contributed by atoms with E-state index in [0.717, 1.165) is 5.92 Å². The van der Waals surface area contributed by atoms with Gasteiger partial charge in [0.1, 0.15) is 0 Å². The van der Waals surface area contributed by atoms with Crippen LogP contribution in [0.2, 0.25) is 25.2 Å². The van der Waals surface area contributed by atoms with E-state index in [1.54, 1.807) is 5.56 Å². The second kappa shape index (κ2) is 6.28. The first-order valence-corrected chi connectivity index (χ1v) is 12.5. The third-order valence-corrected chi connectivity index (χ3v) is 9.37. The molecule has 1 aliphatic rings. The summed E-state index contributed by atoms with van der Waals surface area (Å²) in [5.74, 6) is 0.797. The van der Waals surface area contributed by atoms with Gasteiger partial charge in [-0.3, -0.25) is 0 Å².